The molecule has 1 atom stereocenters. The number of benzene rings is 2. The van der Waals surface area contributed by atoms with E-state index in [4.69, 9.17) is 0 Å². The number of halogens is 2. The average Bonchev–Trinajstić information content (AvgIpc) is 2.61. The predicted octanol–water partition coefficient (Wildman–Crippen LogP) is 2.67. The van der Waals surface area contributed by atoms with Crippen LogP contribution in [0.25, 0.3) is 0 Å². The molecule has 2 rings (SSSR count). The Morgan fingerprint density at radius 3 is 2.25 bits per heavy atom. The second-order valence-corrected chi connectivity index (χ2v) is 8.34. The molecule has 0 aliphatic heterocycles. The molecule has 150 valence electrons. The Kier molecular flexibility index (Phi) is 6.63. The van der Waals surface area contributed by atoms with E-state index >= 15 is 0 Å². The van der Waals surface area contributed by atoms with E-state index in [1.807, 2.05) is 0 Å². The molecule has 1 N–H and O–H groups in total. The highest BCUT2D eigenvalue weighted by Crippen LogP contribution is 2.18. The van der Waals surface area contributed by atoms with Crippen molar-refractivity contribution in [1.29, 1.82) is 0 Å². The molecule has 2 aromatic carbocycles. The number of likely N-dealkylation sites (N-methyl/N-ethyl adjacent to an activating group) is 1. The molecule has 0 bridgehead atoms. The monoisotopic (exact) mass is 410 g/mol. The molecular weight excluding hydrogens is 390 g/mol. The number of carbonyl (C=O) groups excluding carboxylic acids is 2. The van der Waals surface area contributed by atoms with Crippen LogP contribution in [0.4, 0.5) is 8.78 Å². The Bertz CT molecular complexity index is 991. The molecule has 0 spiro atoms. The third kappa shape index (κ3) is 4.99. The number of ketones is 1. The zero-order chi connectivity index (χ0) is 21.1. The van der Waals surface area contributed by atoms with Crippen molar-refractivity contribution in [3.63, 3.8) is 0 Å². The molecule has 0 heterocycles. The third-order valence-electron chi connectivity index (χ3n) is 4.14. The second kappa shape index (κ2) is 8.57. The second-order valence-electron chi connectivity index (χ2n) is 6.30. The standard InChI is InChI=1S/C19H20F2N2O4S/c1-12(17-9-6-15(20)10-18(17)21)22-19(25)11-23(3)28(26,27)16-7-4-14(5-8-16)13(2)24/h4-10,12H,11H2,1-3H3,(H,22,25). The summed E-state index contributed by atoms with van der Waals surface area (Å²) in [6.45, 7) is 2.37. The Morgan fingerprint density at radius 2 is 1.71 bits per heavy atom. The molecule has 0 fully saturated rings. The number of carbonyl (C=O) groups is 2. The fourth-order valence-corrected chi connectivity index (χ4v) is 3.67. The van der Waals surface area contributed by atoms with Gasteiger partial charge < -0.3 is 5.32 Å². The van der Waals surface area contributed by atoms with E-state index < -0.39 is 40.2 Å². The van der Waals surface area contributed by atoms with E-state index in [9.17, 15) is 26.8 Å². The lowest BCUT2D eigenvalue weighted by atomic mass is 10.1. The van der Waals surface area contributed by atoms with Crippen LogP contribution >= 0.6 is 0 Å². The Labute approximate surface area is 162 Å². The summed E-state index contributed by atoms with van der Waals surface area (Å²) in [5, 5.41) is 2.48. The van der Waals surface area contributed by atoms with Crippen LogP contribution in [0.3, 0.4) is 0 Å². The maximum atomic E-state index is 13.8. The van der Waals surface area contributed by atoms with Gasteiger partial charge in [-0.05, 0) is 32.0 Å². The number of nitrogens with zero attached hydrogens (tertiary/aromatic N) is 1. The minimum absolute atomic E-state index is 0.0644. The van der Waals surface area contributed by atoms with Gasteiger partial charge in [0, 0.05) is 24.2 Å². The Balaban J connectivity index is 2.06. The first kappa shape index (κ1) is 21.6. The maximum Gasteiger partial charge on any atom is 0.243 e. The molecule has 0 radical (unpaired) electrons. The van der Waals surface area contributed by atoms with Crippen LogP contribution in [0, 0.1) is 11.6 Å². The Morgan fingerprint density at radius 1 is 1.11 bits per heavy atom. The van der Waals surface area contributed by atoms with E-state index in [0.717, 1.165) is 10.4 Å². The first-order chi connectivity index (χ1) is 13.0. The summed E-state index contributed by atoms with van der Waals surface area (Å²) in [6.07, 6.45) is 0. The largest absolute Gasteiger partial charge is 0.348 e. The van der Waals surface area contributed by atoms with Gasteiger partial charge in [0.05, 0.1) is 17.5 Å². The van der Waals surface area contributed by atoms with Crippen LogP contribution in [-0.4, -0.2) is 38.0 Å². The Hall–Kier alpha value is -2.65. The fourth-order valence-electron chi connectivity index (χ4n) is 2.55. The number of nitrogens with one attached hydrogen (secondary N) is 1. The van der Waals surface area contributed by atoms with E-state index in [1.165, 1.54) is 51.2 Å². The van der Waals surface area contributed by atoms with Crippen molar-refractivity contribution in [2.75, 3.05) is 13.6 Å². The molecule has 1 amide bonds. The highest BCUT2D eigenvalue weighted by Gasteiger charge is 2.24. The summed E-state index contributed by atoms with van der Waals surface area (Å²) in [5.41, 5.74) is 0.453. The minimum Gasteiger partial charge on any atom is -0.348 e. The fraction of sp³-hybridized carbons (Fsp3) is 0.263. The molecule has 0 saturated carbocycles. The molecule has 2 aromatic rings. The van der Waals surface area contributed by atoms with Crippen molar-refractivity contribution in [3.8, 4) is 0 Å². The third-order valence-corrected chi connectivity index (χ3v) is 5.96. The average molecular weight is 410 g/mol. The van der Waals surface area contributed by atoms with Crippen molar-refractivity contribution in [2.24, 2.45) is 0 Å². The smallest absolute Gasteiger partial charge is 0.243 e. The van der Waals surface area contributed by atoms with Gasteiger partial charge in [0.2, 0.25) is 15.9 Å². The molecular formula is C19H20F2N2O4S. The highest BCUT2D eigenvalue weighted by atomic mass is 32.2. The molecule has 0 aromatic heterocycles. The van der Waals surface area contributed by atoms with Gasteiger partial charge in [0.25, 0.3) is 0 Å². The maximum absolute atomic E-state index is 13.8. The number of sulfonamides is 1. The van der Waals surface area contributed by atoms with Crippen LogP contribution in [0.2, 0.25) is 0 Å². The van der Waals surface area contributed by atoms with Crippen molar-refractivity contribution in [1.82, 2.24) is 9.62 Å². The number of hydrogen-bond acceptors (Lipinski definition) is 4. The van der Waals surface area contributed by atoms with Crippen LogP contribution in [0.1, 0.15) is 35.8 Å². The summed E-state index contributed by atoms with van der Waals surface area (Å²) in [4.78, 5) is 23.4. The van der Waals surface area contributed by atoms with Crippen molar-refractivity contribution in [3.05, 3.63) is 65.2 Å². The lowest BCUT2D eigenvalue weighted by Crippen LogP contribution is -2.39. The number of amides is 1. The lowest BCUT2D eigenvalue weighted by molar-refractivity contribution is -0.121. The van der Waals surface area contributed by atoms with Gasteiger partial charge in [-0.2, -0.15) is 4.31 Å². The summed E-state index contributed by atoms with van der Waals surface area (Å²) in [6, 6.07) is 7.58. The van der Waals surface area contributed by atoms with Crippen molar-refractivity contribution < 1.29 is 26.8 Å². The molecule has 0 aliphatic carbocycles. The van der Waals surface area contributed by atoms with Gasteiger partial charge in [-0.3, -0.25) is 9.59 Å². The minimum atomic E-state index is -3.95. The van der Waals surface area contributed by atoms with Gasteiger partial charge in [-0.15, -0.1) is 0 Å². The molecule has 1 unspecified atom stereocenters. The number of rotatable bonds is 7. The van der Waals surface area contributed by atoms with Gasteiger partial charge in [-0.25, -0.2) is 17.2 Å². The molecule has 28 heavy (non-hydrogen) atoms. The summed E-state index contributed by atoms with van der Waals surface area (Å²) in [5.74, 6) is -2.39. The molecule has 0 aliphatic rings. The molecule has 6 nitrogen and oxygen atoms in total. The lowest BCUT2D eigenvalue weighted by Gasteiger charge is -2.20. The van der Waals surface area contributed by atoms with Crippen LogP contribution in [0.15, 0.2) is 47.4 Å². The normalized spacial score (nSPS) is 12.6. The van der Waals surface area contributed by atoms with Gasteiger partial charge in [0.1, 0.15) is 11.6 Å². The molecule has 9 heteroatoms. The highest BCUT2D eigenvalue weighted by molar-refractivity contribution is 7.89. The molecule has 0 saturated heterocycles. The van der Waals surface area contributed by atoms with E-state index in [-0.39, 0.29) is 16.2 Å². The topological polar surface area (TPSA) is 83.6 Å². The van der Waals surface area contributed by atoms with Gasteiger partial charge in [-0.1, -0.05) is 18.2 Å². The summed E-state index contributed by atoms with van der Waals surface area (Å²) in [7, 11) is -2.72. The zero-order valence-electron chi connectivity index (χ0n) is 15.6. The van der Waals surface area contributed by atoms with Crippen molar-refractivity contribution in [2.45, 2.75) is 24.8 Å². The van der Waals surface area contributed by atoms with Crippen molar-refractivity contribution >= 4 is 21.7 Å². The van der Waals surface area contributed by atoms with E-state index in [0.29, 0.717) is 11.6 Å². The van der Waals surface area contributed by atoms with Crippen LogP contribution < -0.4 is 5.32 Å². The predicted molar refractivity (Wildman–Crippen MR) is 99.2 cm³/mol. The van der Waals surface area contributed by atoms with Gasteiger partial charge >= 0.3 is 0 Å². The summed E-state index contributed by atoms with van der Waals surface area (Å²) >= 11 is 0. The zero-order valence-corrected chi connectivity index (χ0v) is 16.4. The van der Waals surface area contributed by atoms with Crippen LogP contribution in [-0.2, 0) is 14.8 Å². The number of Topliss-reactive ketones (excluding diaryl/α,β-unsaturated/α-hetero) is 1. The van der Waals surface area contributed by atoms with E-state index in [1.54, 1.807) is 0 Å². The first-order valence-corrected chi connectivity index (χ1v) is 9.78. The first-order valence-electron chi connectivity index (χ1n) is 8.34. The van der Waals surface area contributed by atoms with Crippen LogP contribution in [0.5, 0.6) is 0 Å². The summed E-state index contributed by atoms with van der Waals surface area (Å²) < 4.78 is 52.7. The number of hydrogen-bond donors (Lipinski definition) is 1. The SMILES string of the molecule is CC(=O)c1ccc(S(=O)(=O)N(C)CC(=O)NC(C)c2ccc(F)cc2F)cc1. The van der Waals surface area contributed by atoms with Gasteiger partial charge in [0.15, 0.2) is 5.78 Å². The quantitative estimate of drug-likeness (QED) is 0.712. The van der Waals surface area contributed by atoms with E-state index in [2.05, 4.69) is 5.32 Å².